The Bertz CT molecular complexity index is 1210. The van der Waals surface area contributed by atoms with Crippen LogP contribution in [0.3, 0.4) is 0 Å². The van der Waals surface area contributed by atoms with Crippen molar-refractivity contribution in [1.82, 2.24) is 14.8 Å². The van der Waals surface area contributed by atoms with Gasteiger partial charge in [-0.2, -0.15) is 5.26 Å². The second-order valence-electron chi connectivity index (χ2n) is 9.47. The summed E-state index contributed by atoms with van der Waals surface area (Å²) in [5.74, 6) is 0.325. The summed E-state index contributed by atoms with van der Waals surface area (Å²) in [6.45, 7) is 2.52. The molecule has 1 N–H and O–H groups in total. The monoisotopic (exact) mass is 466 g/mol. The molecule has 0 aliphatic carbocycles. The molecule has 0 radical (unpaired) electrons. The van der Waals surface area contributed by atoms with Gasteiger partial charge in [-0.1, -0.05) is 36.4 Å². The summed E-state index contributed by atoms with van der Waals surface area (Å²) in [6.07, 6.45) is 5.84. The van der Waals surface area contributed by atoms with Crippen molar-refractivity contribution in [2.75, 3.05) is 26.2 Å². The van der Waals surface area contributed by atoms with Crippen LogP contribution in [0.2, 0.25) is 0 Å². The zero-order valence-electron chi connectivity index (χ0n) is 19.8. The maximum Gasteiger partial charge on any atom is 0.227 e. The number of carbonyl (C=O) groups is 1. The van der Waals surface area contributed by atoms with E-state index in [2.05, 4.69) is 40.2 Å². The lowest BCUT2D eigenvalue weighted by molar-refractivity contribution is -0.135. The van der Waals surface area contributed by atoms with Gasteiger partial charge in [0.15, 0.2) is 0 Å². The van der Waals surface area contributed by atoms with E-state index >= 15 is 0 Å². The van der Waals surface area contributed by atoms with Crippen LogP contribution < -0.4 is 0 Å². The minimum absolute atomic E-state index is 0.0722. The third-order valence-electron chi connectivity index (χ3n) is 7.45. The van der Waals surface area contributed by atoms with E-state index in [1.807, 2.05) is 41.3 Å². The quantitative estimate of drug-likeness (QED) is 0.621. The lowest BCUT2D eigenvalue weighted by Crippen LogP contribution is -2.68. The average Bonchev–Trinajstić information content (AvgIpc) is 2.88. The smallest absolute Gasteiger partial charge is 0.227 e. The largest absolute Gasteiger partial charge is 0.395 e. The van der Waals surface area contributed by atoms with Crippen LogP contribution >= 0.6 is 0 Å². The van der Waals surface area contributed by atoms with Crippen LogP contribution in [0.25, 0.3) is 11.1 Å². The summed E-state index contributed by atoms with van der Waals surface area (Å²) >= 11 is 0. The molecule has 1 aromatic heterocycles. The standard InChI is InChI=1S/C29H30N4O2/c30-18-22-4-3-5-25(16-22)23-6-8-24(9-7-23)29-26-19-32(14-1-2-15-33(26)27(29)20-34)28(35)17-21-10-12-31-13-11-21/h3-13,16,26-27,29,34H,1-2,14-15,17,19-20H2/t26-,27+,29+/m1/s1. The number of aliphatic hydroxyl groups excluding tert-OH is 1. The molecule has 2 saturated heterocycles. The number of pyridine rings is 1. The summed E-state index contributed by atoms with van der Waals surface area (Å²) in [5, 5.41) is 19.4. The van der Waals surface area contributed by atoms with E-state index < -0.39 is 0 Å². The number of hydrogen-bond donors (Lipinski definition) is 1. The molecule has 3 aromatic rings. The molecule has 6 heteroatoms. The third-order valence-corrected chi connectivity index (χ3v) is 7.45. The number of rotatable bonds is 5. The van der Waals surface area contributed by atoms with Gasteiger partial charge in [-0.05, 0) is 65.9 Å². The molecule has 2 fully saturated rings. The Morgan fingerprint density at radius 1 is 1.03 bits per heavy atom. The Morgan fingerprint density at radius 3 is 2.54 bits per heavy atom. The van der Waals surface area contributed by atoms with Gasteiger partial charge in [0.25, 0.3) is 0 Å². The highest BCUT2D eigenvalue weighted by molar-refractivity contribution is 5.78. The Hall–Kier alpha value is -3.53. The van der Waals surface area contributed by atoms with Crippen LogP contribution in [-0.4, -0.2) is 64.1 Å². The van der Waals surface area contributed by atoms with Crippen LogP contribution in [0.1, 0.15) is 35.4 Å². The molecule has 0 spiro atoms. The fourth-order valence-electron chi connectivity index (χ4n) is 5.62. The van der Waals surface area contributed by atoms with Crippen LogP contribution in [0.4, 0.5) is 0 Å². The van der Waals surface area contributed by atoms with Gasteiger partial charge in [-0.25, -0.2) is 0 Å². The Kier molecular flexibility index (Phi) is 6.89. The van der Waals surface area contributed by atoms with E-state index in [-0.39, 0.29) is 30.5 Å². The highest BCUT2D eigenvalue weighted by atomic mass is 16.3. The Balaban J connectivity index is 1.35. The summed E-state index contributed by atoms with van der Waals surface area (Å²) in [5.41, 5.74) is 4.90. The van der Waals surface area contributed by atoms with Crippen molar-refractivity contribution in [3.8, 4) is 17.2 Å². The first-order valence-electron chi connectivity index (χ1n) is 12.3. The molecule has 0 bridgehead atoms. The number of aromatic nitrogens is 1. The highest BCUT2D eigenvalue weighted by Crippen LogP contribution is 2.42. The van der Waals surface area contributed by atoms with E-state index in [9.17, 15) is 15.2 Å². The number of hydrogen-bond acceptors (Lipinski definition) is 5. The Labute approximate surface area is 206 Å². The van der Waals surface area contributed by atoms with Gasteiger partial charge in [0.05, 0.1) is 24.7 Å². The van der Waals surface area contributed by atoms with Crippen molar-refractivity contribution < 1.29 is 9.90 Å². The van der Waals surface area contributed by atoms with Crippen molar-refractivity contribution in [2.24, 2.45) is 0 Å². The molecule has 35 heavy (non-hydrogen) atoms. The van der Waals surface area contributed by atoms with Gasteiger partial charge in [-0.3, -0.25) is 14.7 Å². The van der Waals surface area contributed by atoms with Crippen molar-refractivity contribution in [1.29, 1.82) is 5.26 Å². The van der Waals surface area contributed by atoms with E-state index in [0.717, 1.165) is 42.6 Å². The second-order valence-corrected chi connectivity index (χ2v) is 9.47. The fourth-order valence-corrected chi connectivity index (χ4v) is 5.62. The van der Waals surface area contributed by atoms with Gasteiger partial charge in [0, 0.05) is 43.5 Å². The van der Waals surface area contributed by atoms with Crippen LogP contribution in [-0.2, 0) is 11.2 Å². The van der Waals surface area contributed by atoms with E-state index in [1.54, 1.807) is 12.4 Å². The van der Waals surface area contributed by atoms with Crippen LogP contribution in [0, 0.1) is 11.3 Å². The molecule has 3 atom stereocenters. The SMILES string of the molecule is N#Cc1cccc(-c2ccc([C@H]3[C@H]4CN(C(=O)Cc5ccncc5)CCCCN4[C@H]3CO)cc2)c1. The molecule has 6 nitrogen and oxygen atoms in total. The molecule has 0 unspecified atom stereocenters. The number of nitrogens with zero attached hydrogens (tertiary/aromatic N) is 4. The second kappa shape index (κ2) is 10.4. The number of fused-ring (bicyclic) bond motifs is 1. The van der Waals surface area contributed by atoms with Gasteiger partial charge >= 0.3 is 0 Å². The zero-order valence-corrected chi connectivity index (χ0v) is 19.8. The van der Waals surface area contributed by atoms with Crippen molar-refractivity contribution in [3.63, 3.8) is 0 Å². The van der Waals surface area contributed by atoms with Gasteiger partial charge in [-0.15, -0.1) is 0 Å². The molecule has 1 amide bonds. The molecule has 5 rings (SSSR count). The maximum absolute atomic E-state index is 13.2. The van der Waals surface area contributed by atoms with Gasteiger partial charge in [0.1, 0.15) is 0 Å². The van der Waals surface area contributed by atoms with E-state index in [1.165, 1.54) is 5.56 Å². The number of nitriles is 1. The molecule has 178 valence electrons. The summed E-state index contributed by atoms with van der Waals surface area (Å²) in [4.78, 5) is 21.6. The first kappa shape index (κ1) is 23.2. The lowest BCUT2D eigenvalue weighted by atomic mass is 9.74. The first-order chi connectivity index (χ1) is 17.2. The van der Waals surface area contributed by atoms with Crippen molar-refractivity contribution >= 4 is 5.91 Å². The minimum atomic E-state index is 0.0722. The van der Waals surface area contributed by atoms with E-state index in [0.29, 0.717) is 18.5 Å². The molecular weight excluding hydrogens is 436 g/mol. The predicted octanol–water partition coefficient (Wildman–Crippen LogP) is 3.61. The normalized spacial score (nSPS) is 22.3. The number of aliphatic hydroxyl groups is 1. The number of benzene rings is 2. The molecule has 2 aliphatic heterocycles. The fraction of sp³-hybridized carbons (Fsp3) is 0.345. The number of amides is 1. The maximum atomic E-state index is 13.2. The van der Waals surface area contributed by atoms with Crippen molar-refractivity contribution in [2.45, 2.75) is 37.3 Å². The van der Waals surface area contributed by atoms with Gasteiger partial charge < -0.3 is 10.0 Å². The predicted molar refractivity (Wildman–Crippen MR) is 134 cm³/mol. The number of carbonyl (C=O) groups excluding carboxylic acids is 1. The van der Waals surface area contributed by atoms with Crippen molar-refractivity contribution in [3.05, 3.63) is 89.7 Å². The average molecular weight is 467 g/mol. The molecule has 2 aliphatic rings. The van der Waals surface area contributed by atoms with Gasteiger partial charge in [0.2, 0.25) is 5.91 Å². The van der Waals surface area contributed by atoms with Crippen LogP contribution in [0.15, 0.2) is 73.1 Å². The third kappa shape index (κ3) is 4.84. The minimum Gasteiger partial charge on any atom is -0.395 e. The highest BCUT2D eigenvalue weighted by Gasteiger charge is 2.49. The summed E-state index contributed by atoms with van der Waals surface area (Å²) in [6, 6.07) is 22.4. The van der Waals surface area contributed by atoms with Crippen LogP contribution in [0.5, 0.6) is 0 Å². The summed E-state index contributed by atoms with van der Waals surface area (Å²) < 4.78 is 0. The lowest BCUT2D eigenvalue weighted by Gasteiger charge is -2.57. The molecule has 3 heterocycles. The first-order valence-corrected chi connectivity index (χ1v) is 12.3. The summed E-state index contributed by atoms with van der Waals surface area (Å²) in [7, 11) is 0. The molecule has 2 aromatic carbocycles. The molecular formula is C29H30N4O2. The Morgan fingerprint density at radius 2 is 1.80 bits per heavy atom. The topological polar surface area (TPSA) is 80.5 Å². The van der Waals surface area contributed by atoms with E-state index in [4.69, 9.17) is 0 Å². The zero-order chi connectivity index (χ0) is 24.2. The molecule has 0 saturated carbocycles.